The maximum Gasteiger partial charge on any atom is 0.329 e. The maximum absolute atomic E-state index is 13.4. The Balaban J connectivity index is 2.35. The summed E-state index contributed by atoms with van der Waals surface area (Å²) in [5.74, 6) is -1.13. The molecule has 0 fully saturated rings. The molecule has 9 nitrogen and oxygen atoms in total. The number of hydrogen-bond donors (Lipinski definition) is 1. The molecular weight excluding hydrogens is 295 g/mol. The molecule has 2 rings (SSSR count). The van der Waals surface area contributed by atoms with Crippen molar-refractivity contribution in [2.75, 3.05) is 4.72 Å². The minimum Gasteiger partial charge on any atom is -0.408 e. The number of halogens is 1. The lowest BCUT2D eigenvalue weighted by atomic mass is 10.3. The Kier molecular flexibility index (Phi) is 3.36. The van der Waals surface area contributed by atoms with Crippen molar-refractivity contribution in [3.8, 4) is 0 Å². The minimum atomic E-state index is -4.17. The number of nitro groups is 1. The number of benzene rings is 1. The van der Waals surface area contributed by atoms with E-state index in [-0.39, 0.29) is 11.9 Å². The van der Waals surface area contributed by atoms with Gasteiger partial charge in [-0.1, -0.05) is 5.10 Å². The van der Waals surface area contributed by atoms with Gasteiger partial charge in [-0.2, -0.15) is 4.39 Å². The molecule has 1 aromatic heterocycles. The van der Waals surface area contributed by atoms with Crippen LogP contribution in [0.1, 0.15) is 5.89 Å². The molecule has 1 aromatic carbocycles. The summed E-state index contributed by atoms with van der Waals surface area (Å²) in [4.78, 5) is 8.98. The lowest BCUT2D eigenvalue weighted by Crippen LogP contribution is -2.13. The summed E-state index contributed by atoms with van der Waals surface area (Å²) >= 11 is 0. The summed E-state index contributed by atoms with van der Waals surface area (Å²) in [7, 11) is -4.17. The van der Waals surface area contributed by atoms with Crippen LogP contribution in [0.2, 0.25) is 0 Å². The van der Waals surface area contributed by atoms with Crippen LogP contribution in [0.15, 0.2) is 27.5 Å². The summed E-state index contributed by atoms with van der Waals surface area (Å²) in [5.41, 5.74) is -0.822. The second-order valence-electron chi connectivity index (χ2n) is 3.60. The van der Waals surface area contributed by atoms with E-state index in [9.17, 15) is 22.9 Å². The molecule has 1 N–H and O–H groups in total. The number of nitro benzene ring substituents is 1. The zero-order chi connectivity index (χ0) is 14.9. The van der Waals surface area contributed by atoms with Gasteiger partial charge in [0.2, 0.25) is 11.7 Å². The van der Waals surface area contributed by atoms with E-state index in [0.717, 1.165) is 12.1 Å². The second kappa shape index (κ2) is 4.85. The number of sulfonamides is 1. The van der Waals surface area contributed by atoms with E-state index >= 15 is 0 Å². The number of nitrogens with zero attached hydrogens (tertiary/aromatic N) is 3. The van der Waals surface area contributed by atoms with E-state index in [2.05, 4.69) is 10.2 Å². The smallest absolute Gasteiger partial charge is 0.329 e. The van der Waals surface area contributed by atoms with Crippen LogP contribution in [0.4, 0.5) is 16.1 Å². The van der Waals surface area contributed by atoms with Crippen molar-refractivity contribution in [1.29, 1.82) is 0 Å². The molecule has 0 aliphatic carbocycles. The zero-order valence-corrected chi connectivity index (χ0v) is 10.7. The van der Waals surface area contributed by atoms with Crippen LogP contribution in [0.3, 0.4) is 0 Å². The Labute approximate surface area is 111 Å². The normalized spacial score (nSPS) is 11.3. The molecule has 0 aliphatic rings. The molecule has 0 aliphatic heterocycles. The first-order valence-corrected chi connectivity index (χ1v) is 6.55. The Bertz CT molecular complexity index is 772. The molecule has 0 saturated heterocycles. The highest BCUT2D eigenvalue weighted by Crippen LogP contribution is 2.22. The van der Waals surface area contributed by atoms with Crippen LogP contribution in [0.5, 0.6) is 0 Å². The van der Waals surface area contributed by atoms with Crippen LogP contribution >= 0.6 is 0 Å². The highest BCUT2D eigenvalue weighted by atomic mass is 32.2. The van der Waals surface area contributed by atoms with E-state index in [1.807, 2.05) is 4.72 Å². The monoisotopic (exact) mass is 302 g/mol. The molecule has 0 bridgehead atoms. The topological polar surface area (TPSA) is 128 Å². The Morgan fingerprint density at radius 2 is 2.10 bits per heavy atom. The third kappa shape index (κ3) is 2.71. The van der Waals surface area contributed by atoms with Gasteiger partial charge in [0.05, 0.1) is 9.82 Å². The molecule has 11 heteroatoms. The molecule has 0 unspecified atom stereocenters. The van der Waals surface area contributed by atoms with Gasteiger partial charge in [0.25, 0.3) is 10.0 Å². The highest BCUT2D eigenvalue weighted by Gasteiger charge is 2.22. The van der Waals surface area contributed by atoms with E-state index < -0.39 is 31.3 Å². The van der Waals surface area contributed by atoms with Gasteiger partial charge in [-0.25, -0.2) is 13.1 Å². The number of rotatable bonds is 4. The Morgan fingerprint density at radius 1 is 1.40 bits per heavy atom. The summed E-state index contributed by atoms with van der Waals surface area (Å²) in [6.07, 6.45) is 0. The Hall–Kier alpha value is -2.56. The van der Waals surface area contributed by atoms with Gasteiger partial charge in [0.15, 0.2) is 0 Å². The van der Waals surface area contributed by atoms with Gasteiger partial charge >= 0.3 is 11.7 Å². The first-order chi connectivity index (χ1) is 9.29. The average molecular weight is 302 g/mol. The molecule has 0 radical (unpaired) electrons. The number of hydrogen-bond acceptors (Lipinski definition) is 7. The van der Waals surface area contributed by atoms with Gasteiger partial charge in [-0.15, -0.1) is 5.10 Å². The molecule has 2 aromatic rings. The molecule has 0 saturated carbocycles. The highest BCUT2D eigenvalue weighted by molar-refractivity contribution is 7.92. The standard InChI is InChI=1S/C9H7FN4O5S/c1-5-11-12-9(19-5)13-20(17,18)6-2-3-8(14(15)16)7(10)4-6/h2-4H,1H3,(H,12,13). The lowest BCUT2D eigenvalue weighted by molar-refractivity contribution is -0.387. The molecular formula is C9H7FN4O5S. The number of anilines is 1. The number of aryl methyl sites for hydroxylation is 1. The summed E-state index contributed by atoms with van der Waals surface area (Å²) in [6, 6.07) is 1.79. The van der Waals surface area contributed by atoms with Crippen LogP contribution in [-0.4, -0.2) is 23.5 Å². The fourth-order valence-corrected chi connectivity index (χ4v) is 2.25. The van der Waals surface area contributed by atoms with Gasteiger partial charge in [0.1, 0.15) is 0 Å². The van der Waals surface area contributed by atoms with Crippen molar-refractivity contribution >= 4 is 21.7 Å². The molecule has 20 heavy (non-hydrogen) atoms. The molecule has 106 valence electrons. The van der Waals surface area contributed by atoms with Gasteiger partial charge in [-0.3, -0.25) is 10.1 Å². The largest absolute Gasteiger partial charge is 0.408 e. The van der Waals surface area contributed by atoms with Crippen LogP contribution < -0.4 is 4.72 Å². The quantitative estimate of drug-likeness (QED) is 0.664. The van der Waals surface area contributed by atoms with Gasteiger partial charge in [-0.05, 0) is 6.07 Å². The van der Waals surface area contributed by atoms with E-state index in [0.29, 0.717) is 6.07 Å². The molecule has 0 atom stereocenters. The van der Waals surface area contributed by atoms with E-state index in [1.54, 1.807) is 0 Å². The first kappa shape index (κ1) is 13.9. The van der Waals surface area contributed by atoms with Crippen molar-refractivity contribution in [2.24, 2.45) is 0 Å². The minimum absolute atomic E-state index is 0.137. The first-order valence-electron chi connectivity index (χ1n) is 5.06. The number of nitrogens with one attached hydrogen (secondary N) is 1. The van der Waals surface area contributed by atoms with Crippen LogP contribution in [0.25, 0.3) is 0 Å². The summed E-state index contributed by atoms with van der Waals surface area (Å²) in [6.45, 7) is 1.45. The maximum atomic E-state index is 13.4. The van der Waals surface area contributed by atoms with E-state index in [4.69, 9.17) is 4.42 Å². The third-order valence-corrected chi connectivity index (χ3v) is 3.49. The van der Waals surface area contributed by atoms with Gasteiger partial charge in [0, 0.05) is 19.1 Å². The predicted octanol–water partition coefficient (Wildman–Crippen LogP) is 1.23. The lowest BCUT2D eigenvalue weighted by Gasteiger charge is -2.04. The summed E-state index contributed by atoms with van der Waals surface area (Å²) in [5, 5.41) is 17.3. The van der Waals surface area contributed by atoms with Crippen LogP contribution in [0, 0.1) is 22.9 Å². The SMILES string of the molecule is Cc1nnc(NS(=O)(=O)c2ccc([N+](=O)[O-])c(F)c2)o1. The molecule has 0 spiro atoms. The Morgan fingerprint density at radius 3 is 2.60 bits per heavy atom. The van der Waals surface area contributed by atoms with Crippen molar-refractivity contribution in [3.63, 3.8) is 0 Å². The number of aromatic nitrogens is 2. The van der Waals surface area contributed by atoms with E-state index in [1.165, 1.54) is 6.92 Å². The molecule has 0 amide bonds. The average Bonchev–Trinajstić information content (AvgIpc) is 2.73. The van der Waals surface area contributed by atoms with Crippen molar-refractivity contribution in [3.05, 3.63) is 40.0 Å². The van der Waals surface area contributed by atoms with Crippen molar-refractivity contribution < 1.29 is 22.1 Å². The molecule has 1 heterocycles. The van der Waals surface area contributed by atoms with Crippen molar-refractivity contribution in [1.82, 2.24) is 10.2 Å². The second-order valence-corrected chi connectivity index (χ2v) is 5.28. The fourth-order valence-electron chi connectivity index (χ4n) is 1.31. The van der Waals surface area contributed by atoms with Crippen LogP contribution in [-0.2, 0) is 10.0 Å². The third-order valence-electron chi connectivity index (χ3n) is 2.17. The zero-order valence-electron chi connectivity index (χ0n) is 9.90. The van der Waals surface area contributed by atoms with Crippen molar-refractivity contribution in [2.45, 2.75) is 11.8 Å². The fraction of sp³-hybridized carbons (Fsp3) is 0.111. The summed E-state index contributed by atoms with van der Waals surface area (Å²) < 4.78 is 43.9. The predicted molar refractivity (Wildman–Crippen MR) is 62.9 cm³/mol. The van der Waals surface area contributed by atoms with Gasteiger partial charge < -0.3 is 4.42 Å².